The number of para-hydroxylation sites is 1. The Bertz CT molecular complexity index is 627. The van der Waals surface area contributed by atoms with Gasteiger partial charge in [-0.1, -0.05) is 31.4 Å². The number of alkyl halides is 6. The Morgan fingerprint density at radius 2 is 1.66 bits per heavy atom. The van der Waals surface area contributed by atoms with Gasteiger partial charge in [0, 0.05) is 12.6 Å². The third kappa shape index (κ3) is 9.38. The number of aliphatic carboxylic acids is 1. The predicted molar refractivity (Wildman–Crippen MR) is 94.7 cm³/mol. The largest absolute Gasteiger partial charge is 0.493 e. The molecule has 0 aliphatic heterocycles. The van der Waals surface area contributed by atoms with E-state index in [-0.39, 0.29) is 5.75 Å². The molecule has 0 saturated heterocycles. The van der Waals surface area contributed by atoms with Crippen LogP contribution >= 0.6 is 0 Å². The number of rotatable bonds is 6. The Morgan fingerprint density at radius 1 is 1.10 bits per heavy atom. The van der Waals surface area contributed by atoms with Crippen molar-refractivity contribution in [3.8, 4) is 5.75 Å². The molecule has 1 saturated carbocycles. The van der Waals surface area contributed by atoms with Gasteiger partial charge in [-0.25, -0.2) is 4.79 Å². The third-order valence-corrected chi connectivity index (χ3v) is 4.55. The van der Waals surface area contributed by atoms with E-state index in [2.05, 4.69) is 11.9 Å². The summed E-state index contributed by atoms with van der Waals surface area (Å²) in [6.45, 7) is 1.17. The van der Waals surface area contributed by atoms with Crippen LogP contribution in [-0.4, -0.2) is 48.4 Å². The summed E-state index contributed by atoms with van der Waals surface area (Å²) in [7, 11) is 2.10. The number of benzene rings is 1. The number of carboxylic acid groups (broad SMARTS) is 1. The van der Waals surface area contributed by atoms with Crippen molar-refractivity contribution in [1.82, 2.24) is 4.90 Å². The number of halogens is 6. The summed E-state index contributed by atoms with van der Waals surface area (Å²) in [5, 5.41) is 7.12. The SMILES string of the molecule is CN(CCCOc1ccccc1C(F)(F)F)C1CCCCC1.O=C(O)C(F)(F)F. The first-order chi connectivity index (χ1) is 13.4. The van der Waals surface area contributed by atoms with E-state index >= 15 is 0 Å². The molecule has 4 nitrogen and oxygen atoms in total. The molecule has 1 fully saturated rings. The molecule has 1 aliphatic rings. The van der Waals surface area contributed by atoms with Gasteiger partial charge in [0.2, 0.25) is 0 Å². The highest BCUT2D eigenvalue weighted by Gasteiger charge is 2.38. The van der Waals surface area contributed by atoms with Crippen LogP contribution in [0.3, 0.4) is 0 Å². The van der Waals surface area contributed by atoms with Gasteiger partial charge in [-0.05, 0) is 38.4 Å². The lowest BCUT2D eigenvalue weighted by Gasteiger charge is -2.31. The van der Waals surface area contributed by atoms with E-state index in [1.54, 1.807) is 6.07 Å². The molecule has 10 heteroatoms. The van der Waals surface area contributed by atoms with Crippen molar-refractivity contribution in [3.05, 3.63) is 29.8 Å². The van der Waals surface area contributed by atoms with Crippen molar-refractivity contribution in [3.63, 3.8) is 0 Å². The minimum atomic E-state index is -5.08. The minimum absolute atomic E-state index is 0.0738. The van der Waals surface area contributed by atoms with Crippen LogP contribution in [0.25, 0.3) is 0 Å². The second-order valence-electron chi connectivity index (χ2n) is 6.77. The van der Waals surface area contributed by atoms with Crippen LogP contribution < -0.4 is 4.74 Å². The Labute approximate surface area is 165 Å². The highest BCUT2D eigenvalue weighted by molar-refractivity contribution is 5.73. The van der Waals surface area contributed by atoms with Crippen molar-refractivity contribution >= 4 is 5.97 Å². The fourth-order valence-corrected chi connectivity index (χ4v) is 3.03. The molecule has 0 radical (unpaired) electrons. The van der Waals surface area contributed by atoms with Gasteiger partial charge in [0.1, 0.15) is 5.75 Å². The number of nitrogens with zero attached hydrogens (tertiary/aromatic N) is 1. The van der Waals surface area contributed by atoms with E-state index < -0.39 is 23.9 Å². The summed E-state index contributed by atoms with van der Waals surface area (Å²) in [5.41, 5.74) is -0.698. The second kappa shape index (κ2) is 11.3. The molecule has 166 valence electrons. The Morgan fingerprint density at radius 3 is 2.17 bits per heavy atom. The number of hydrogen-bond acceptors (Lipinski definition) is 3. The zero-order valence-electron chi connectivity index (χ0n) is 16.0. The molecule has 0 amide bonds. The van der Waals surface area contributed by atoms with Crippen LogP contribution in [0.2, 0.25) is 0 Å². The summed E-state index contributed by atoms with van der Waals surface area (Å²) >= 11 is 0. The topological polar surface area (TPSA) is 49.8 Å². The zero-order chi connectivity index (χ0) is 22.1. The molecule has 1 aliphatic carbocycles. The predicted octanol–water partition coefficient (Wildman–Crippen LogP) is 5.37. The van der Waals surface area contributed by atoms with Gasteiger partial charge in [0.15, 0.2) is 0 Å². The lowest BCUT2D eigenvalue weighted by Crippen LogP contribution is -2.34. The Kier molecular flexibility index (Phi) is 9.75. The van der Waals surface area contributed by atoms with E-state index in [0.29, 0.717) is 12.6 Å². The van der Waals surface area contributed by atoms with E-state index in [0.717, 1.165) is 19.0 Å². The fraction of sp³-hybridized carbons (Fsp3) is 0.632. The van der Waals surface area contributed by atoms with E-state index in [4.69, 9.17) is 14.6 Å². The molecule has 0 aromatic heterocycles. The molecule has 1 N–H and O–H groups in total. The van der Waals surface area contributed by atoms with Crippen molar-refractivity contribution < 1.29 is 41.0 Å². The molecule has 0 unspecified atom stereocenters. The average molecular weight is 429 g/mol. The highest BCUT2D eigenvalue weighted by atomic mass is 19.4. The molecule has 1 aromatic rings. The molecule has 1 aromatic carbocycles. The van der Waals surface area contributed by atoms with Gasteiger partial charge in [-0.2, -0.15) is 26.3 Å². The highest BCUT2D eigenvalue weighted by Crippen LogP contribution is 2.35. The van der Waals surface area contributed by atoms with E-state index in [9.17, 15) is 26.3 Å². The van der Waals surface area contributed by atoms with Crippen molar-refractivity contribution in [1.29, 1.82) is 0 Å². The Hall–Kier alpha value is -1.97. The first-order valence-corrected chi connectivity index (χ1v) is 9.22. The summed E-state index contributed by atoms with van der Waals surface area (Å²) in [5.74, 6) is -2.83. The fourth-order valence-electron chi connectivity index (χ4n) is 3.03. The van der Waals surface area contributed by atoms with Crippen molar-refractivity contribution in [2.24, 2.45) is 0 Å². The van der Waals surface area contributed by atoms with E-state index in [1.807, 2.05) is 0 Å². The summed E-state index contributed by atoms with van der Waals surface area (Å²) < 4.78 is 75.6. The number of carbonyl (C=O) groups is 1. The van der Waals surface area contributed by atoms with Gasteiger partial charge in [-0.3, -0.25) is 0 Å². The summed E-state index contributed by atoms with van der Waals surface area (Å²) in [6.07, 6.45) is -2.37. The first-order valence-electron chi connectivity index (χ1n) is 9.22. The first kappa shape index (κ1) is 25.1. The summed E-state index contributed by atoms with van der Waals surface area (Å²) in [4.78, 5) is 11.2. The van der Waals surface area contributed by atoms with Crippen LogP contribution in [0.5, 0.6) is 5.75 Å². The van der Waals surface area contributed by atoms with Crippen molar-refractivity contribution in [2.75, 3.05) is 20.2 Å². The van der Waals surface area contributed by atoms with E-state index in [1.165, 1.54) is 44.2 Å². The normalized spacial score (nSPS) is 15.6. The van der Waals surface area contributed by atoms with Crippen LogP contribution in [0.15, 0.2) is 24.3 Å². The van der Waals surface area contributed by atoms with Gasteiger partial charge < -0.3 is 14.7 Å². The molecule has 0 bridgehead atoms. The smallest absolute Gasteiger partial charge is 0.490 e. The molecule has 29 heavy (non-hydrogen) atoms. The van der Waals surface area contributed by atoms with Gasteiger partial charge in [0.05, 0.1) is 12.2 Å². The molecule has 0 heterocycles. The minimum Gasteiger partial charge on any atom is -0.493 e. The number of ether oxygens (including phenoxy) is 1. The van der Waals surface area contributed by atoms with Crippen LogP contribution in [0, 0.1) is 0 Å². The van der Waals surface area contributed by atoms with Crippen molar-refractivity contribution in [2.45, 2.75) is 56.9 Å². The number of carboxylic acids is 1. The maximum Gasteiger partial charge on any atom is 0.490 e. The van der Waals surface area contributed by atoms with Crippen LogP contribution in [0.1, 0.15) is 44.1 Å². The monoisotopic (exact) mass is 429 g/mol. The van der Waals surface area contributed by atoms with Gasteiger partial charge in [0.25, 0.3) is 0 Å². The van der Waals surface area contributed by atoms with Crippen LogP contribution in [-0.2, 0) is 11.0 Å². The summed E-state index contributed by atoms with van der Waals surface area (Å²) in [6, 6.07) is 6.01. The van der Waals surface area contributed by atoms with Gasteiger partial charge >= 0.3 is 18.3 Å². The second-order valence-corrected chi connectivity index (χ2v) is 6.77. The molecular formula is C19H25F6NO3. The molecule has 0 spiro atoms. The molecule has 2 rings (SSSR count). The maximum atomic E-state index is 12.8. The standard InChI is InChI=1S/C17H24F3NO.C2HF3O2/c1-21(14-8-3-2-4-9-14)12-7-13-22-16-11-6-5-10-15(16)17(18,19)20;3-2(4,5)1(6)7/h5-6,10-11,14H,2-4,7-9,12-13H2,1H3;(H,6,7). The molecular weight excluding hydrogens is 404 g/mol. The zero-order valence-corrected chi connectivity index (χ0v) is 16.0. The quantitative estimate of drug-likeness (QED) is 0.488. The lowest BCUT2D eigenvalue weighted by atomic mass is 9.94. The number of hydrogen-bond donors (Lipinski definition) is 1. The Balaban J connectivity index is 0.000000516. The maximum absolute atomic E-state index is 12.8. The average Bonchev–Trinajstić information content (AvgIpc) is 2.65. The molecule has 0 atom stereocenters. The third-order valence-electron chi connectivity index (χ3n) is 4.55. The lowest BCUT2D eigenvalue weighted by molar-refractivity contribution is -0.192. The van der Waals surface area contributed by atoms with Crippen LogP contribution in [0.4, 0.5) is 26.3 Å². The van der Waals surface area contributed by atoms with Gasteiger partial charge in [-0.15, -0.1) is 0 Å².